The number of ether oxygens (including phenoxy) is 6. The third-order valence-electron chi connectivity index (χ3n) is 4.16. The molecule has 0 aliphatic carbocycles. The van der Waals surface area contributed by atoms with Crippen LogP contribution in [0.3, 0.4) is 0 Å². The second-order valence-electron chi connectivity index (χ2n) is 6.12. The van der Waals surface area contributed by atoms with E-state index in [0.717, 1.165) is 5.56 Å². The van der Waals surface area contributed by atoms with Crippen LogP contribution in [0, 0.1) is 6.92 Å². The number of hydrogen-bond acceptors (Lipinski definition) is 9. The van der Waals surface area contributed by atoms with E-state index in [4.69, 9.17) is 34.0 Å². The summed E-state index contributed by atoms with van der Waals surface area (Å²) in [6, 6.07) is 6.18. The van der Waals surface area contributed by atoms with Gasteiger partial charge in [0.05, 0.1) is 12.9 Å². The van der Waals surface area contributed by atoms with Crippen molar-refractivity contribution >= 4 is 10.1 Å². The Hall–Kier alpha value is -1.11. The number of hydrogen-bond donors (Lipinski definition) is 0. The Labute approximate surface area is 159 Å². The second kappa shape index (κ2) is 8.93. The first kappa shape index (κ1) is 19.2. The van der Waals surface area contributed by atoms with Gasteiger partial charge in [0.15, 0.2) is 6.29 Å². The first-order chi connectivity index (χ1) is 13.3. The SMILES string of the molecule is [2H][C@]12CO[C@H](O1)[C@H](OCOC)[C@@H](OCOC)[C@@H]2OS(=O)(=O)c1ccc(C)cc1. The highest BCUT2D eigenvalue weighted by atomic mass is 32.2. The molecular weight excluding hydrogens is 380 g/mol. The molecule has 0 amide bonds. The van der Waals surface area contributed by atoms with Crippen molar-refractivity contribution in [3.63, 3.8) is 0 Å². The van der Waals surface area contributed by atoms with E-state index in [1.807, 2.05) is 6.92 Å². The number of rotatable bonds is 9. The highest BCUT2D eigenvalue weighted by molar-refractivity contribution is 7.86. The van der Waals surface area contributed by atoms with Gasteiger partial charge in [0.2, 0.25) is 0 Å². The molecule has 0 saturated carbocycles. The van der Waals surface area contributed by atoms with Gasteiger partial charge in [-0.15, -0.1) is 0 Å². The molecule has 2 bridgehead atoms. The van der Waals surface area contributed by atoms with Crippen LogP contribution in [0.1, 0.15) is 6.93 Å². The largest absolute Gasteiger partial charge is 0.359 e. The Morgan fingerprint density at radius 1 is 1.07 bits per heavy atom. The van der Waals surface area contributed by atoms with Crippen LogP contribution < -0.4 is 0 Å². The van der Waals surface area contributed by atoms with Crippen molar-refractivity contribution in [1.82, 2.24) is 0 Å². The molecular formula is C17H24O9S. The van der Waals surface area contributed by atoms with Crippen LogP contribution in [0.5, 0.6) is 0 Å². The van der Waals surface area contributed by atoms with Crippen molar-refractivity contribution in [2.45, 2.75) is 42.5 Å². The van der Waals surface area contributed by atoms with Gasteiger partial charge in [-0.05, 0) is 19.1 Å². The third kappa shape index (κ3) is 4.66. The van der Waals surface area contributed by atoms with Crippen LogP contribution in [-0.4, -0.2) is 73.5 Å². The summed E-state index contributed by atoms with van der Waals surface area (Å²) in [5, 5.41) is 0. The highest BCUT2D eigenvalue weighted by Crippen LogP contribution is 2.35. The van der Waals surface area contributed by atoms with Gasteiger partial charge in [-0.25, -0.2) is 0 Å². The van der Waals surface area contributed by atoms with Gasteiger partial charge in [-0.3, -0.25) is 4.18 Å². The molecule has 5 atom stereocenters. The highest BCUT2D eigenvalue weighted by Gasteiger charge is 2.54. The number of aryl methyl sites for hydroxylation is 1. The van der Waals surface area contributed by atoms with Crippen molar-refractivity contribution in [2.24, 2.45) is 0 Å². The lowest BCUT2D eigenvalue weighted by molar-refractivity contribution is -0.274. The molecule has 0 unspecified atom stereocenters. The maximum Gasteiger partial charge on any atom is 0.297 e. The molecule has 2 heterocycles. The zero-order valence-electron chi connectivity index (χ0n) is 16.3. The van der Waals surface area contributed by atoms with Gasteiger partial charge in [0.25, 0.3) is 10.1 Å². The van der Waals surface area contributed by atoms with E-state index in [-0.39, 0.29) is 25.1 Å². The maximum atomic E-state index is 12.8. The molecule has 1 aromatic rings. The van der Waals surface area contributed by atoms with Gasteiger partial charge in [-0.1, -0.05) is 17.7 Å². The molecule has 1 aromatic carbocycles. The Bertz CT molecular complexity index is 756. The maximum absolute atomic E-state index is 12.8. The van der Waals surface area contributed by atoms with Gasteiger partial charge >= 0.3 is 0 Å². The number of benzene rings is 1. The Balaban J connectivity index is 1.90. The topological polar surface area (TPSA) is 98.8 Å². The van der Waals surface area contributed by atoms with Crippen molar-refractivity contribution in [3.05, 3.63) is 29.8 Å². The van der Waals surface area contributed by atoms with Crippen LogP contribution >= 0.6 is 0 Å². The van der Waals surface area contributed by atoms with Gasteiger partial charge in [0, 0.05) is 14.2 Å². The monoisotopic (exact) mass is 405 g/mol. The molecule has 2 aliphatic heterocycles. The lowest BCUT2D eigenvalue weighted by atomic mass is 10.0. The van der Waals surface area contributed by atoms with E-state index in [9.17, 15) is 8.42 Å². The van der Waals surface area contributed by atoms with Crippen LogP contribution in [0.2, 0.25) is 0 Å². The summed E-state index contributed by atoms with van der Waals surface area (Å²) in [7, 11) is -1.34. The van der Waals surface area contributed by atoms with Crippen molar-refractivity contribution in [2.75, 3.05) is 34.4 Å². The van der Waals surface area contributed by atoms with E-state index in [2.05, 4.69) is 0 Å². The van der Waals surface area contributed by atoms with E-state index in [1.54, 1.807) is 12.1 Å². The molecule has 0 radical (unpaired) electrons. The van der Waals surface area contributed by atoms with Gasteiger partial charge < -0.3 is 28.4 Å². The molecule has 2 saturated heterocycles. The first-order valence-electron chi connectivity index (χ1n) is 8.81. The minimum atomic E-state index is -4.20. The van der Waals surface area contributed by atoms with E-state index in [1.165, 1.54) is 26.4 Å². The molecule has 0 spiro atoms. The summed E-state index contributed by atoms with van der Waals surface area (Å²) in [4.78, 5) is -0.0393. The summed E-state index contributed by atoms with van der Waals surface area (Å²) >= 11 is 0. The molecule has 3 rings (SSSR count). The zero-order chi connectivity index (χ0) is 20.4. The van der Waals surface area contributed by atoms with Gasteiger partial charge in [0.1, 0.15) is 38.0 Å². The molecule has 2 aliphatic rings. The quantitative estimate of drug-likeness (QED) is 0.436. The van der Waals surface area contributed by atoms with E-state index in [0.29, 0.717) is 0 Å². The van der Waals surface area contributed by atoms with Crippen molar-refractivity contribution in [3.8, 4) is 0 Å². The van der Waals surface area contributed by atoms with Crippen LogP contribution in [0.4, 0.5) is 0 Å². The molecule has 0 aromatic heterocycles. The summed E-state index contributed by atoms with van der Waals surface area (Å²) in [5.74, 6) is 0. The van der Waals surface area contributed by atoms with Crippen molar-refractivity contribution in [1.29, 1.82) is 0 Å². The minimum Gasteiger partial charge on any atom is -0.359 e. The molecule has 0 N–H and O–H groups in total. The standard InChI is InChI=1S/C17H24O9S/c1-11-4-6-12(7-5-11)27(18,19)26-14-13-8-22-17(25-13)16(24-10-21-3)15(14)23-9-20-2/h4-7,13-17H,8-10H2,1-3H3/t13-,14-,15+,16-,17-/m1/s1/i13D. The lowest BCUT2D eigenvalue weighted by Gasteiger charge is -2.39. The van der Waals surface area contributed by atoms with Crippen molar-refractivity contribution < 1.29 is 42.4 Å². The Kier molecular flexibility index (Phi) is 6.35. The number of methoxy groups -OCH3 is 2. The molecule has 2 fully saturated rings. The average molecular weight is 405 g/mol. The summed E-state index contributed by atoms with van der Waals surface area (Å²) in [5.41, 5.74) is 0.901. The van der Waals surface area contributed by atoms with Crippen LogP contribution in [0.15, 0.2) is 29.2 Å². The fourth-order valence-corrected chi connectivity index (χ4v) is 3.93. The molecule has 27 heavy (non-hydrogen) atoms. The summed E-state index contributed by atoms with van der Waals surface area (Å²) < 4.78 is 71.7. The van der Waals surface area contributed by atoms with Gasteiger partial charge in [-0.2, -0.15) is 8.42 Å². The second-order valence-corrected chi connectivity index (χ2v) is 7.70. The zero-order valence-corrected chi connectivity index (χ0v) is 16.1. The lowest BCUT2D eigenvalue weighted by Crippen LogP contribution is -2.57. The molecule has 9 nitrogen and oxygen atoms in total. The first-order valence-corrected chi connectivity index (χ1v) is 9.72. The van der Waals surface area contributed by atoms with Crippen LogP contribution in [0.25, 0.3) is 0 Å². The predicted octanol–water partition coefficient (Wildman–Crippen LogP) is 0.802. The summed E-state index contributed by atoms with van der Waals surface area (Å²) in [6.07, 6.45) is -5.94. The summed E-state index contributed by atoms with van der Waals surface area (Å²) in [6.45, 7) is 1.37. The fourth-order valence-electron chi connectivity index (χ4n) is 2.86. The Morgan fingerprint density at radius 2 is 1.70 bits per heavy atom. The Morgan fingerprint density at radius 3 is 2.33 bits per heavy atom. The smallest absolute Gasteiger partial charge is 0.297 e. The minimum absolute atomic E-state index is 0.0393. The third-order valence-corrected chi connectivity index (χ3v) is 5.47. The van der Waals surface area contributed by atoms with E-state index >= 15 is 0 Å². The van der Waals surface area contributed by atoms with Crippen LogP contribution in [-0.2, 0) is 42.7 Å². The normalized spacial score (nSPS) is 33.8. The molecule has 152 valence electrons. The molecule has 10 heteroatoms. The predicted molar refractivity (Wildman–Crippen MR) is 91.3 cm³/mol. The number of fused-ring (bicyclic) bond motifs is 2. The average Bonchev–Trinajstić information content (AvgIpc) is 3.02. The fraction of sp³-hybridized carbons (Fsp3) is 0.647. The van der Waals surface area contributed by atoms with E-state index < -0.39 is 40.8 Å².